The lowest BCUT2D eigenvalue weighted by atomic mass is 10.2. The largest absolute Gasteiger partial charge is 0.489 e. The van der Waals surface area contributed by atoms with Gasteiger partial charge in [0, 0.05) is 32.4 Å². The molecule has 9 heteroatoms. The molecule has 2 aromatic rings. The predicted molar refractivity (Wildman–Crippen MR) is 128 cm³/mol. The van der Waals surface area contributed by atoms with Crippen molar-refractivity contribution in [2.45, 2.75) is 52.5 Å². The average Bonchev–Trinajstić information content (AvgIpc) is 2.76. The van der Waals surface area contributed by atoms with Crippen molar-refractivity contribution in [1.82, 2.24) is 9.29 Å². The third-order valence-corrected chi connectivity index (χ3v) is 7.05. The molecule has 0 aliphatic rings. The molecule has 0 saturated heterocycles. The fourth-order valence-electron chi connectivity index (χ4n) is 3.29. The number of nitrogens with zero attached hydrogens (tertiary/aromatic N) is 3. The molecule has 32 heavy (non-hydrogen) atoms. The number of benzene rings is 1. The van der Waals surface area contributed by atoms with Crippen molar-refractivity contribution in [2.75, 3.05) is 36.4 Å². The summed E-state index contributed by atoms with van der Waals surface area (Å²) in [5, 5.41) is 2.80. The molecule has 0 unspecified atom stereocenters. The summed E-state index contributed by atoms with van der Waals surface area (Å²) in [4.78, 5) is 19.5. The molecular weight excluding hydrogens is 428 g/mol. The molecular formula is C23H34N4O4S. The Bertz CT molecular complexity index is 999. The van der Waals surface area contributed by atoms with Crippen molar-refractivity contribution in [1.29, 1.82) is 0 Å². The highest BCUT2D eigenvalue weighted by Gasteiger charge is 2.24. The summed E-state index contributed by atoms with van der Waals surface area (Å²) >= 11 is 0. The molecule has 0 saturated carbocycles. The number of hydrogen-bond acceptors (Lipinski definition) is 6. The third-order valence-electron chi connectivity index (χ3n) is 5.00. The van der Waals surface area contributed by atoms with E-state index in [0.29, 0.717) is 30.1 Å². The number of carbonyl (C=O) groups is 1. The highest BCUT2D eigenvalue weighted by molar-refractivity contribution is 7.89. The van der Waals surface area contributed by atoms with Gasteiger partial charge in [-0.3, -0.25) is 4.79 Å². The topological polar surface area (TPSA) is 91.8 Å². The van der Waals surface area contributed by atoms with Crippen LogP contribution in [0, 0.1) is 0 Å². The van der Waals surface area contributed by atoms with E-state index >= 15 is 0 Å². The lowest BCUT2D eigenvalue weighted by molar-refractivity contribution is 0.102. The normalized spacial score (nSPS) is 11.6. The molecule has 0 radical (unpaired) electrons. The summed E-state index contributed by atoms with van der Waals surface area (Å²) in [6.07, 6.45) is 1.37. The Balaban J connectivity index is 2.38. The summed E-state index contributed by atoms with van der Waals surface area (Å²) < 4.78 is 33.1. The SMILES string of the molecule is CCN(CC)c1ccc(C(=O)Nc2cc(S(=O)(=O)N(CC)CC)ccc2OC(C)C)cn1. The van der Waals surface area contributed by atoms with Crippen LogP contribution in [0.1, 0.15) is 51.9 Å². The van der Waals surface area contributed by atoms with Crippen LogP contribution in [-0.4, -0.2) is 55.9 Å². The van der Waals surface area contributed by atoms with Crippen molar-refractivity contribution in [3.8, 4) is 5.75 Å². The van der Waals surface area contributed by atoms with Crippen molar-refractivity contribution in [3.63, 3.8) is 0 Å². The molecule has 0 spiro atoms. The first kappa shape index (κ1) is 25.6. The van der Waals surface area contributed by atoms with Crippen LogP contribution >= 0.6 is 0 Å². The maximum Gasteiger partial charge on any atom is 0.257 e. The van der Waals surface area contributed by atoms with Crippen LogP contribution in [0.4, 0.5) is 11.5 Å². The summed E-state index contributed by atoms with van der Waals surface area (Å²) in [6, 6.07) is 8.03. The Morgan fingerprint density at radius 2 is 1.69 bits per heavy atom. The van der Waals surface area contributed by atoms with Gasteiger partial charge in [-0.05, 0) is 58.0 Å². The number of pyridine rings is 1. The van der Waals surface area contributed by atoms with Crippen LogP contribution in [0.3, 0.4) is 0 Å². The number of nitrogens with one attached hydrogen (secondary N) is 1. The molecule has 0 bridgehead atoms. The lowest BCUT2D eigenvalue weighted by Crippen LogP contribution is -2.30. The first-order chi connectivity index (χ1) is 15.2. The Morgan fingerprint density at radius 1 is 1.03 bits per heavy atom. The van der Waals surface area contributed by atoms with Crippen molar-refractivity contribution < 1.29 is 17.9 Å². The average molecular weight is 463 g/mol. The van der Waals surface area contributed by atoms with Gasteiger partial charge in [0.15, 0.2) is 0 Å². The van der Waals surface area contributed by atoms with Crippen LogP contribution in [-0.2, 0) is 10.0 Å². The Morgan fingerprint density at radius 3 is 2.19 bits per heavy atom. The molecule has 176 valence electrons. The van der Waals surface area contributed by atoms with Crippen molar-refractivity contribution in [3.05, 3.63) is 42.1 Å². The molecule has 1 amide bonds. The fourth-order valence-corrected chi connectivity index (χ4v) is 4.77. The van der Waals surface area contributed by atoms with Crippen LogP contribution in [0.15, 0.2) is 41.4 Å². The van der Waals surface area contributed by atoms with Crippen LogP contribution in [0.2, 0.25) is 0 Å². The van der Waals surface area contributed by atoms with E-state index in [2.05, 4.69) is 15.2 Å². The maximum absolute atomic E-state index is 13.0. The van der Waals surface area contributed by atoms with Crippen molar-refractivity contribution in [2.24, 2.45) is 0 Å². The number of carbonyl (C=O) groups excluding carboxylic acids is 1. The molecule has 0 fully saturated rings. The smallest absolute Gasteiger partial charge is 0.257 e. The summed E-state index contributed by atoms with van der Waals surface area (Å²) in [6.45, 7) is 13.7. The molecule has 1 N–H and O–H groups in total. The van der Waals surface area contributed by atoms with Gasteiger partial charge in [-0.1, -0.05) is 13.8 Å². The standard InChI is InChI=1S/C23H34N4O4S/c1-7-26(8-2)22-14-11-18(16-24-22)23(28)25-20-15-19(12-13-21(20)31-17(5)6)32(29,30)27(9-3)10-4/h11-17H,7-10H2,1-6H3,(H,25,28). The zero-order chi connectivity index (χ0) is 23.9. The highest BCUT2D eigenvalue weighted by atomic mass is 32.2. The van der Waals surface area contributed by atoms with Gasteiger partial charge >= 0.3 is 0 Å². The van der Waals surface area contributed by atoms with Gasteiger partial charge in [-0.25, -0.2) is 13.4 Å². The molecule has 1 heterocycles. The van der Waals surface area contributed by atoms with Gasteiger partial charge in [-0.15, -0.1) is 0 Å². The molecule has 0 atom stereocenters. The Labute approximate surface area is 191 Å². The number of amides is 1. The van der Waals surface area contributed by atoms with Gasteiger partial charge in [0.25, 0.3) is 5.91 Å². The van der Waals surface area contributed by atoms with Gasteiger partial charge < -0.3 is 15.0 Å². The van der Waals surface area contributed by atoms with Gasteiger partial charge in [0.05, 0.1) is 22.3 Å². The first-order valence-electron chi connectivity index (χ1n) is 11.0. The number of anilines is 2. The van der Waals surface area contributed by atoms with Crippen LogP contribution in [0.25, 0.3) is 0 Å². The molecule has 1 aromatic carbocycles. The quantitative estimate of drug-likeness (QED) is 0.543. The van der Waals surface area contributed by atoms with Crippen LogP contribution in [0.5, 0.6) is 5.75 Å². The van der Waals surface area contributed by atoms with E-state index in [1.54, 1.807) is 32.0 Å². The van der Waals surface area contributed by atoms with E-state index in [-0.39, 0.29) is 11.0 Å². The molecule has 0 aliphatic carbocycles. The fraction of sp³-hybridized carbons (Fsp3) is 0.478. The second-order valence-corrected chi connectivity index (χ2v) is 9.38. The summed E-state index contributed by atoms with van der Waals surface area (Å²) in [7, 11) is -3.68. The zero-order valence-corrected chi connectivity index (χ0v) is 20.6. The van der Waals surface area contributed by atoms with Gasteiger partial charge in [0.1, 0.15) is 11.6 Å². The number of sulfonamides is 1. The summed E-state index contributed by atoms with van der Waals surface area (Å²) in [5.41, 5.74) is 0.665. The highest BCUT2D eigenvalue weighted by Crippen LogP contribution is 2.30. The second kappa shape index (κ2) is 11.3. The molecule has 1 aromatic heterocycles. The minimum atomic E-state index is -3.68. The first-order valence-corrected chi connectivity index (χ1v) is 12.4. The second-order valence-electron chi connectivity index (χ2n) is 7.45. The molecule has 2 rings (SSSR count). The number of ether oxygens (including phenoxy) is 1. The minimum absolute atomic E-state index is 0.0996. The van der Waals surface area contributed by atoms with Crippen LogP contribution < -0.4 is 15.0 Å². The van der Waals surface area contributed by atoms with Gasteiger partial charge in [-0.2, -0.15) is 4.31 Å². The monoisotopic (exact) mass is 462 g/mol. The van der Waals surface area contributed by atoms with Crippen molar-refractivity contribution >= 4 is 27.4 Å². The number of aromatic nitrogens is 1. The summed E-state index contributed by atoms with van der Waals surface area (Å²) in [5.74, 6) is 0.803. The van der Waals surface area contributed by atoms with E-state index in [4.69, 9.17) is 4.74 Å². The number of hydrogen-bond donors (Lipinski definition) is 1. The van der Waals surface area contributed by atoms with E-state index < -0.39 is 15.9 Å². The zero-order valence-electron chi connectivity index (χ0n) is 19.8. The number of rotatable bonds is 11. The maximum atomic E-state index is 13.0. The molecule has 0 aliphatic heterocycles. The third kappa shape index (κ3) is 5.98. The minimum Gasteiger partial charge on any atom is -0.489 e. The predicted octanol–water partition coefficient (Wildman–Crippen LogP) is 4.00. The Kier molecular flexibility index (Phi) is 9.03. The van der Waals surface area contributed by atoms with Gasteiger partial charge in [0.2, 0.25) is 10.0 Å². The van der Waals surface area contributed by atoms with E-state index in [1.165, 1.54) is 22.6 Å². The van der Waals surface area contributed by atoms with E-state index in [1.807, 2.05) is 27.7 Å². The Hall–Kier alpha value is -2.65. The van der Waals surface area contributed by atoms with E-state index in [0.717, 1.165) is 18.9 Å². The van der Waals surface area contributed by atoms with E-state index in [9.17, 15) is 13.2 Å². The molecule has 8 nitrogen and oxygen atoms in total. The lowest BCUT2D eigenvalue weighted by Gasteiger charge is -2.21.